The summed E-state index contributed by atoms with van der Waals surface area (Å²) in [6.45, 7) is 2.50. The van der Waals surface area contributed by atoms with E-state index in [0.29, 0.717) is 6.54 Å². The number of hydrogen-bond donors (Lipinski definition) is 1. The molecule has 21 heavy (non-hydrogen) atoms. The fourth-order valence-corrected chi connectivity index (χ4v) is 3.99. The van der Waals surface area contributed by atoms with E-state index in [9.17, 15) is 13.2 Å². The fourth-order valence-electron chi connectivity index (χ4n) is 2.64. The van der Waals surface area contributed by atoms with Crippen molar-refractivity contribution in [2.75, 3.05) is 13.7 Å². The average molecular weight is 311 g/mol. The van der Waals surface area contributed by atoms with Gasteiger partial charge in [-0.15, -0.1) is 0 Å². The van der Waals surface area contributed by atoms with Gasteiger partial charge in [-0.3, -0.25) is 0 Å². The second-order valence-electron chi connectivity index (χ2n) is 5.52. The number of carbonyl (C=O) groups excluding carboxylic acids is 1. The number of esters is 1. The molecular formula is C15H21NO4S. The van der Waals surface area contributed by atoms with E-state index in [1.54, 1.807) is 12.1 Å². The molecule has 1 saturated carbocycles. The molecule has 1 aliphatic rings. The van der Waals surface area contributed by atoms with Crippen LogP contribution >= 0.6 is 0 Å². The lowest BCUT2D eigenvalue weighted by Gasteiger charge is -2.41. The predicted octanol–water partition coefficient (Wildman–Crippen LogP) is 2.33. The summed E-state index contributed by atoms with van der Waals surface area (Å²) >= 11 is 0. The molecule has 1 fully saturated rings. The van der Waals surface area contributed by atoms with Gasteiger partial charge in [-0.2, -0.15) is 0 Å². The van der Waals surface area contributed by atoms with Gasteiger partial charge in [-0.05, 0) is 36.8 Å². The number of methoxy groups -OCH3 is 1. The summed E-state index contributed by atoms with van der Waals surface area (Å²) in [5, 5.41) is 0. The van der Waals surface area contributed by atoms with Crippen molar-refractivity contribution >= 4 is 16.0 Å². The summed E-state index contributed by atoms with van der Waals surface area (Å²) < 4.78 is 32.2. The third-order valence-electron chi connectivity index (χ3n) is 4.38. The fraction of sp³-hybridized carbons (Fsp3) is 0.533. The van der Waals surface area contributed by atoms with Crippen molar-refractivity contribution in [3.63, 3.8) is 0 Å². The van der Waals surface area contributed by atoms with Crippen molar-refractivity contribution in [1.82, 2.24) is 4.72 Å². The molecule has 0 amide bonds. The Morgan fingerprint density at radius 3 is 2.52 bits per heavy atom. The van der Waals surface area contributed by atoms with Crippen molar-refractivity contribution in [2.45, 2.75) is 37.5 Å². The molecular weight excluding hydrogens is 290 g/mol. The highest BCUT2D eigenvalue weighted by Crippen LogP contribution is 2.43. The molecule has 1 aromatic carbocycles. The number of nitrogens with one attached hydrogen (secondary N) is 1. The summed E-state index contributed by atoms with van der Waals surface area (Å²) in [7, 11) is -2.48. The Labute approximate surface area is 125 Å². The van der Waals surface area contributed by atoms with Crippen molar-refractivity contribution in [3.05, 3.63) is 29.8 Å². The molecule has 0 atom stereocenters. The normalized spacial score (nSPS) is 17.0. The Morgan fingerprint density at radius 1 is 1.33 bits per heavy atom. The molecule has 1 aromatic rings. The predicted molar refractivity (Wildman–Crippen MR) is 79.5 cm³/mol. The first-order chi connectivity index (χ1) is 9.94. The molecule has 0 radical (unpaired) electrons. The number of sulfonamides is 1. The molecule has 0 aromatic heterocycles. The molecule has 5 nitrogen and oxygen atoms in total. The molecule has 2 rings (SSSR count). The van der Waals surface area contributed by atoms with Crippen LogP contribution in [0.1, 0.15) is 43.0 Å². The van der Waals surface area contributed by atoms with Crippen LogP contribution in [-0.2, 0) is 14.8 Å². The molecule has 0 bridgehead atoms. The van der Waals surface area contributed by atoms with E-state index in [1.165, 1.54) is 19.2 Å². The summed E-state index contributed by atoms with van der Waals surface area (Å²) in [5.74, 6) is -0.648. The monoisotopic (exact) mass is 311 g/mol. The first-order valence-corrected chi connectivity index (χ1v) is 8.59. The van der Waals surface area contributed by atoms with Crippen molar-refractivity contribution in [1.29, 1.82) is 0 Å². The van der Waals surface area contributed by atoms with E-state index in [1.807, 2.05) is 0 Å². The maximum Gasteiger partial charge on any atom is 0.339 e. The number of carbonyl (C=O) groups is 1. The van der Waals surface area contributed by atoms with Gasteiger partial charge in [0.25, 0.3) is 0 Å². The van der Waals surface area contributed by atoms with E-state index in [2.05, 4.69) is 16.4 Å². The van der Waals surface area contributed by atoms with Gasteiger partial charge in [0.1, 0.15) is 0 Å². The largest absolute Gasteiger partial charge is 0.465 e. The van der Waals surface area contributed by atoms with E-state index < -0.39 is 16.0 Å². The third kappa shape index (κ3) is 3.27. The minimum atomic E-state index is -3.72. The highest BCUT2D eigenvalue weighted by atomic mass is 32.2. The minimum absolute atomic E-state index is 0.0255. The Bertz CT molecular complexity index is 615. The first-order valence-electron chi connectivity index (χ1n) is 7.11. The van der Waals surface area contributed by atoms with Crippen LogP contribution in [0.4, 0.5) is 0 Å². The van der Waals surface area contributed by atoms with Gasteiger partial charge in [0.15, 0.2) is 0 Å². The quantitative estimate of drug-likeness (QED) is 0.818. The maximum atomic E-state index is 12.5. The topological polar surface area (TPSA) is 72.5 Å². The lowest BCUT2D eigenvalue weighted by Crippen LogP contribution is -2.41. The molecule has 0 heterocycles. The molecule has 0 saturated heterocycles. The molecule has 1 aliphatic carbocycles. The molecule has 6 heteroatoms. The number of benzene rings is 1. The molecule has 0 aliphatic heterocycles. The van der Waals surface area contributed by atoms with Crippen molar-refractivity contribution in [2.24, 2.45) is 5.41 Å². The second kappa shape index (κ2) is 6.15. The number of hydrogen-bond acceptors (Lipinski definition) is 4. The smallest absolute Gasteiger partial charge is 0.339 e. The first kappa shape index (κ1) is 16.0. The van der Waals surface area contributed by atoms with Gasteiger partial charge < -0.3 is 4.74 Å². The van der Waals surface area contributed by atoms with Gasteiger partial charge in [-0.25, -0.2) is 17.9 Å². The molecule has 0 unspecified atom stereocenters. The van der Waals surface area contributed by atoms with Crippen LogP contribution in [0.15, 0.2) is 29.2 Å². The van der Waals surface area contributed by atoms with Crippen LogP contribution in [-0.4, -0.2) is 28.0 Å². The number of ether oxygens (including phenoxy) is 1. The van der Waals surface area contributed by atoms with E-state index in [0.717, 1.165) is 25.7 Å². The zero-order valence-electron chi connectivity index (χ0n) is 12.4. The summed E-state index contributed by atoms with van der Waals surface area (Å²) in [6.07, 6.45) is 4.19. The number of rotatable bonds is 6. The Balaban J connectivity index is 2.22. The van der Waals surface area contributed by atoms with E-state index in [4.69, 9.17) is 0 Å². The summed E-state index contributed by atoms with van der Waals surface area (Å²) in [6, 6.07) is 6.10. The lowest BCUT2D eigenvalue weighted by atomic mass is 9.67. The Morgan fingerprint density at radius 2 is 2.00 bits per heavy atom. The zero-order valence-corrected chi connectivity index (χ0v) is 13.2. The Kier molecular flexibility index (Phi) is 4.68. The van der Waals surface area contributed by atoms with Crippen LogP contribution in [0.3, 0.4) is 0 Å². The lowest BCUT2D eigenvalue weighted by molar-refractivity contribution is 0.0596. The maximum absolute atomic E-state index is 12.5. The van der Waals surface area contributed by atoms with Gasteiger partial charge >= 0.3 is 5.97 Å². The van der Waals surface area contributed by atoms with Gasteiger partial charge in [0.05, 0.1) is 17.6 Å². The van der Waals surface area contributed by atoms with Crippen LogP contribution in [0.2, 0.25) is 0 Å². The van der Waals surface area contributed by atoms with Crippen LogP contribution < -0.4 is 4.72 Å². The van der Waals surface area contributed by atoms with E-state index >= 15 is 0 Å². The SMILES string of the molecule is CCC1(CNS(=O)(=O)c2ccccc2C(=O)OC)CCC1. The zero-order chi connectivity index (χ0) is 15.5. The van der Waals surface area contributed by atoms with Gasteiger partial charge in [0, 0.05) is 6.54 Å². The standard InChI is InChI=1S/C15H21NO4S/c1-3-15(9-6-10-15)11-16-21(18,19)13-8-5-4-7-12(13)14(17)20-2/h4-5,7-8,16H,3,6,9-11H2,1-2H3. The van der Waals surface area contributed by atoms with Crippen LogP contribution in [0.5, 0.6) is 0 Å². The van der Waals surface area contributed by atoms with Gasteiger partial charge in [0.2, 0.25) is 10.0 Å². The molecule has 1 N–H and O–H groups in total. The van der Waals surface area contributed by atoms with Crippen molar-refractivity contribution < 1.29 is 17.9 Å². The Hall–Kier alpha value is -1.40. The minimum Gasteiger partial charge on any atom is -0.465 e. The second-order valence-corrected chi connectivity index (χ2v) is 7.25. The molecule has 116 valence electrons. The highest BCUT2D eigenvalue weighted by Gasteiger charge is 2.36. The summed E-state index contributed by atoms with van der Waals surface area (Å²) in [4.78, 5) is 11.7. The third-order valence-corrected chi connectivity index (χ3v) is 5.84. The molecule has 0 spiro atoms. The summed E-state index contributed by atoms with van der Waals surface area (Å²) in [5.41, 5.74) is 0.138. The van der Waals surface area contributed by atoms with Crippen molar-refractivity contribution in [3.8, 4) is 0 Å². The van der Waals surface area contributed by atoms with Crippen LogP contribution in [0.25, 0.3) is 0 Å². The highest BCUT2D eigenvalue weighted by molar-refractivity contribution is 7.89. The van der Waals surface area contributed by atoms with E-state index in [-0.39, 0.29) is 15.9 Å². The van der Waals surface area contributed by atoms with Gasteiger partial charge in [-0.1, -0.05) is 25.5 Å². The average Bonchev–Trinajstić information content (AvgIpc) is 2.45. The van der Waals surface area contributed by atoms with Crippen LogP contribution in [0, 0.1) is 5.41 Å².